The monoisotopic (exact) mass is 324 g/mol. The van der Waals surface area contributed by atoms with Crippen LogP contribution in [-0.2, 0) is 0 Å². The summed E-state index contributed by atoms with van der Waals surface area (Å²) in [6.45, 7) is 2.81. The van der Waals surface area contributed by atoms with Crippen molar-refractivity contribution in [3.63, 3.8) is 0 Å². The summed E-state index contributed by atoms with van der Waals surface area (Å²) < 4.78 is 11.8. The number of nitrogens with one attached hydrogen (secondary N) is 1. The fourth-order valence-electron chi connectivity index (χ4n) is 1.80. The Hall–Kier alpha value is -1.30. The summed E-state index contributed by atoms with van der Waals surface area (Å²) in [5.74, 6) is 7.23. The molecule has 2 aromatic rings. The van der Waals surface area contributed by atoms with E-state index in [9.17, 15) is 0 Å². The van der Waals surface area contributed by atoms with Gasteiger partial charge < -0.3 is 9.15 Å². The average molecular weight is 325 g/mol. The van der Waals surface area contributed by atoms with Gasteiger partial charge in [0.1, 0.15) is 17.6 Å². The zero-order valence-corrected chi connectivity index (χ0v) is 12.3. The van der Waals surface area contributed by atoms with Gasteiger partial charge in [0.15, 0.2) is 4.67 Å². The first kappa shape index (κ1) is 14.1. The standard InChI is InChI=1S/C14H17BrN2O2/c1-2-9-18-11-5-3-10(4-6-11)14(17-16)12-7-8-13(15)19-12/h3-8,14,17H,2,9,16H2,1H3. The third-order valence-electron chi connectivity index (χ3n) is 2.73. The molecule has 102 valence electrons. The molecule has 0 aliphatic heterocycles. The van der Waals surface area contributed by atoms with Crippen LogP contribution in [0.15, 0.2) is 45.5 Å². The normalized spacial score (nSPS) is 12.4. The highest BCUT2D eigenvalue weighted by molar-refractivity contribution is 9.10. The first-order valence-electron chi connectivity index (χ1n) is 6.18. The van der Waals surface area contributed by atoms with Crippen LogP contribution in [0, 0.1) is 0 Å². The van der Waals surface area contributed by atoms with E-state index in [1.165, 1.54) is 0 Å². The number of hydrazine groups is 1. The van der Waals surface area contributed by atoms with Crippen LogP contribution in [-0.4, -0.2) is 6.61 Å². The summed E-state index contributed by atoms with van der Waals surface area (Å²) in [4.78, 5) is 0. The summed E-state index contributed by atoms with van der Waals surface area (Å²) in [6.07, 6.45) is 0.995. The molecule has 4 nitrogen and oxygen atoms in total. The Kier molecular flexibility index (Phi) is 5.01. The highest BCUT2D eigenvalue weighted by atomic mass is 79.9. The lowest BCUT2D eigenvalue weighted by Crippen LogP contribution is -2.28. The third-order valence-corrected chi connectivity index (χ3v) is 3.16. The maximum absolute atomic E-state index is 5.61. The van der Waals surface area contributed by atoms with Crippen LogP contribution in [0.1, 0.15) is 30.7 Å². The van der Waals surface area contributed by atoms with E-state index in [-0.39, 0.29) is 6.04 Å². The lowest BCUT2D eigenvalue weighted by Gasteiger charge is -2.14. The van der Waals surface area contributed by atoms with E-state index < -0.39 is 0 Å². The Bertz CT molecular complexity index is 510. The number of ether oxygens (including phenoxy) is 1. The molecule has 0 bridgehead atoms. The van der Waals surface area contributed by atoms with Gasteiger partial charge in [0.2, 0.25) is 0 Å². The molecular formula is C14H17BrN2O2. The molecule has 0 aliphatic carbocycles. The van der Waals surface area contributed by atoms with Crippen molar-refractivity contribution in [3.8, 4) is 5.75 Å². The molecule has 1 heterocycles. The van der Waals surface area contributed by atoms with Crippen molar-refractivity contribution in [1.82, 2.24) is 5.43 Å². The molecule has 0 fully saturated rings. The molecule has 0 spiro atoms. The van der Waals surface area contributed by atoms with E-state index in [4.69, 9.17) is 15.0 Å². The summed E-state index contributed by atoms with van der Waals surface area (Å²) in [6, 6.07) is 11.4. The van der Waals surface area contributed by atoms with Crippen molar-refractivity contribution in [1.29, 1.82) is 0 Å². The molecule has 0 saturated heterocycles. The molecule has 0 saturated carbocycles. The molecule has 2 rings (SSSR count). The number of benzene rings is 1. The van der Waals surface area contributed by atoms with Gasteiger partial charge in [0, 0.05) is 0 Å². The number of rotatable bonds is 6. The molecule has 1 aromatic carbocycles. The second-order valence-electron chi connectivity index (χ2n) is 4.16. The Morgan fingerprint density at radius 1 is 1.26 bits per heavy atom. The van der Waals surface area contributed by atoms with Gasteiger partial charge in [0.05, 0.1) is 6.61 Å². The van der Waals surface area contributed by atoms with Crippen LogP contribution >= 0.6 is 15.9 Å². The Morgan fingerprint density at radius 2 is 2.00 bits per heavy atom. The van der Waals surface area contributed by atoms with Gasteiger partial charge in [-0.05, 0) is 52.2 Å². The summed E-state index contributed by atoms with van der Waals surface area (Å²) >= 11 is 3.29. The first-order valence-corrected chi connectivity index (χ1v) is 6.98. The van der Waals surface area contributed by atoms with E-state index in [2.05, 4.69) is 28.3 Å². The second kappa shape index (κ2) is 6.75. The predicted molar refractivity (Wildman–Crippen MR) is 77.8 cm³/mol. The summed E-state index contributed by atoms with van der Waals surface area (Å²) in [7, 11) is 0. The van der Waals surface area contributed by atoms with E-state index in [1.54, 1.807) is 0 Å². The van der Waals surface area contributed by atoms with E-state index in [0.717, 1.165) is 30.1 Å². The Morgan fingerprint density at radius 3 is 2.53 bits per heavy atom. The molecule has 19 heavy (non-hydrogen) atoms. The SMILES string of the molecule is CCCOc1ccc(C(NN)c2ccc(Br)o2)cc1. The van der Waals surface area contributed by atoms with Gasteiger partial charge in [-0.2, -0.15) is 0 Å². The largest absolute Gasteiger partial charge is 0.494 e. The molecule has 0 amide bonds. The van der Waals surface area contributed by atoms with Gasteiger partial charge in [-0.15, -0.1) is 0 Å². The number of halogens is 1. The van der Waals surface area contributed by atoms with Crippen LogP contribution in [0.4, 0.5) is 0 Å². The minimum absolute atomic E-state index is 0.175. The quantitative estimate of drug-likeness (QED) is 0.631. The summed E-state index contributed by atoms with van der Waals surface area (Å²) in [5, 5.41) is 0. The lowest BCUT2D eigenvalue weighted by atomic mass is 10.1. The molecule has 5 heteroatoms. The van der Waals surface area contributed by atoms with Crippen molar-refractivity contribution in [2.24, 2.45) is 5.84 Å². The minimum Gasteiger partial charge on any atom is -0.494 e. The van der Waals surface area contributed by atoms with Gasteiger partial charge in [0.25, 0.3) is 0 Å². The van der Waals surface area contributed by atoms with E-state index >= 15 is 0 Å². The van der Waals surface area contributed by atoms with E-state index in [0.29, 0.717) is 4.67 Å². The smallest absolute Gasteiger partial charge is 0.169 e. The average Bonchev–Trinajstić information content (AvgIpc) is 2.85. The molecular weight excluding hydrogens is 308 g/mol. The molecule has 1 atom stereocenters. The topological polar surface area (TPSA) is 60.4 Å². The molecule has 3 N–H and O–H groups in total. The molecule has 1 unspecified atom stereocenters. The zero-order valence-electron chi connectivity index (χ0n) is 10.7. The summed E-state index contributed by atoms with van der Waals surface area (Å²) in [5.41, 5.74) is 3.78. The first-order chi connectivity index (χ1) is 9.24. The van der Waals surface area contributed by atoms with Crippen molar-refractivity contribution >= 4 is 15.9 Å². The molecule has 0 aliphatic rings. The van der Waals surface area contributed by atoms with Crippen LogP contribution in [0.2, 0.25) is 0 Å². The molecule has 0 radical (unpaired) electrons. The minimum atomic E-state index is -0.175. The third kappa shape index (κ3) is 3.59. The van der Waals surface area contributed by atoms with Crippen LogP contribution in [0.3, 0.4) is 0 Å². The van der Waals surface area contributed by atoms with Crippen LogP contribution in [0.5, 0.6) is 5.75 Å². The van der Waals surface area contributed by atoms with Crippen molar-refractivity contribution < 1.29 is 9.15 Å². The second-order valence-corrected chi connectivity index (χ2v) is 4.94. The van der Waals surface area contributed by atoms with Gasteiger partial charge >= 0.3 is 0 Å². The number of hydrogen-bond acceptors (Lipinski definition) is 4. The number of nitrogens with two attached hydrogens (primary N) is 1. The maximum atomic E-state index is 5.61. The Labute approximate surface area is 121 Å². The maximum Gasteiger partial charge on any atom is 0.169 e. The fraction of sp³-hybridized carbons (Fsp3) is 0.286. The fourth-order valence-corrected chi connectivity index (χ4v) is 2.12. The van der Waals surface area contributed by atoms with Crippen LogP contribution < -0.4 is 16.0 Å². The van der Waals surface area contributed by atoms with Gasteiger partial charge in [-0.1, -0.05) is 19.1 Å². The Balaban J connectivity index is 2.15. The van der Waals surface area contributed by atoms with Crippen molar-refractivity contribution in [2.45, 2.75) is 19.4 Å². The van der Waals surface area contributed by atoms with Crippen molar-refractivity contribution in [2.75, 3.05) is 6.61 Å². The number of hydrogen-bond donors (Lipinski definition) is 2. The van der Waals surface area contributed by atoms with Gasteiger partial charge in [-0.25, -0.2) is 5.43 Å². The van der Waals surface area contributed by atoms with E-state index in [1.807, 2.05) is 36.4 Å². The lowest BCUT2D eigenvalue weighted by molar-refractivity contribution is 0.317. The van der Waals surface area contributed by atoms with Gasteiger partial charge in [-0.3, -0.25) is 5.84 Å². The predicted octanol–water partition coefficient (Wildman–Crippen LogP) is 3.38. The molecule has 1 aromatic heterocycles. The number of furan rings is 1. The highest BCUT2D eigenvalue weighted by Crippen LogP contribution is 2.26. The van der Waals surface area contributed by atoms with Crippen LogP contribution in [0.25, 0.3) is 0 Å². The van der Waals surface area contributed by atoms with Crippen molar-refractivity contribution in [3.05, 3.63) is 52.4 Å². The zero-order chi connectivity index (χ0) is 13.7. The highest BCUT2D eigenvalue weighted by Gasteiger charge is 2.16.